The SMILES string of the molecule is CCc1ccc(C(C)NCC(C)CCO)s1. The van der Waals surface area contributed by atoms with Gasteiger partial charge in [-0.15, -0.1) is 11.3 Å². The molecule has 0 spiro atoms. The molecule has 0 aliphatic carbocycles. The molecular weight excluding hydrogens is 218 g/mol. The Kier molecular flexibility index (Phi) is 6.03. The van der Waals surface area contributed by atoms with Gasteiger partial charge in [0.15, 0.2) is 0 Å². The van der Waals surface area contributed by atoms with Gasteiger partial charge < -0.3 is 10.4 Å². The Balaban J connectivity index is 2.37. The molecule has 16 heavy (non-hydrogen) atoms. The van der Waals surface area contributed by atoms with Crippen LogP contribution in [-0.2, 0) is 6.42 Å². The number of aliphatic hydroxyl groups is 1. The third-order valence-corrected chi connectivity index (χ3v) is 4.26. The summed E-state index contributed by atoms with van der Waals surface area (Å²) in [7, 11) is 0. The van der Waals surface area contributed by atoms with Crippen LogP contribution in [0.15, 0.2) is 12.1 Å². The molecule has 0 amide bonds. The second-order valence-electron chi connectivity index (χ2n) is 4.41. The molecule has 0 radical (unpaired) electrons. The fraction of sp³-hybridized carbons (Fsp3) is 0.692. The molecule has 1 aromatic heterocycles. The van der Waals surface area contributed by atoms with Crippen LogP contribution in [0.4, 0.5) is 0 Å². The van der Waals surface area contributed by atoms with Gasteiger partial charge in [-0.05, 0) is 44.4 Å². The molecule has 1 aromatic rings. The van der Waals surface area contributed by atoms with Crippen molar-refractivity contribution >= 4 is 11.3 Å². The fourth-order valence-electron chi connectivity index (χ4n) is 1.62. The third kappa shape index (κ3) is 4.24. The molecule has 0 aliphatic heterocycles. The number of hydrogen-bond acceptors (Lipinski definition) is 3. The van der Waals surface area contributed by atoms with Crippen molar-refractivity contribution in [1.82, 2.24) is 5.32 Å². The summed E-state index contributed by atoms with van der Waals surface area (Å²) in [5, 5.41) is 12.3. The van der Waals surface area contributed by atoms with Crippen LogP contribution < -0.4 is 5.32 Å². The van der Waals surface area contributed by atoms with E-state index in [0.717, 1.165) is 19.4 Å². The summed E-state index contributed by atoms with van der Waals surface area (Å²) in [6.45, 7) is 7.83. The van der Waals surface area contributed by atoms with Gasteiger partial charge in [-0.2, -0.15) is 0 Å². The molecule has 2 N–H and O–H groups in total. The van der Waals surface area contributed by atoms with Gasteiger partial charge in [0.1, 0.15) is 0 Å². The lowest BCUT2D eigenvalue weighted by Crippen LogP contribution is -2.24. The maximum absolute atomic E-state index is 8.83. The minimum Gasteiger partial charge on any atom is -0.396 e. The van der Waals surface area contributed by atoms with Crippen LogP contribution in [0, 0.1) is 5.92 Å². The summed E-state index contributed by atoms with van der Waals surface area (Å²) < 4.78 is 0. The lowest BCUT2D eigenvalue weighted by Gasteiger charge is -2.16. The summed E-state index contributed by atoms with van der Waals surface area (Å²) in [6.07, 6.45) is 2.00. The minimum absolute atomic E-state index is 0.288. The molecule has 2 atom stereocenters. The standard InChI is InChI=1S/C13H23NOS/c1-4-12-5-6-13(16-12)11(3)14-9-10(2)7-8-15/h5-6,10-11,14-15H,4,7-9H2,1-3H3. The Bertz CT molecular complexity index is 298. The summed E-state index contributed by atoms with van der Waals surface area (Å²) in [5.41, 5.74) is 0. The van der Waals surface area contributed by atoms with Crippen molar-refractivity contribution in [3.63, 3.8) is 0 Å². The monoisotopic (exact) mass is 241 g/mol. The second kappa shape index (κ2) is 7.05. The number of aliphatic hydroxyl groups excluding tert-OH is 1. The normalized spacial score (nSPS) is 15.0. The van der Waals surface area contributed by atoms with Crippen LogP contribution in [0.2, 0.25) is 0 Å². The van der Waals surface area contributed by atoms with Crippen molar-refractivity contribution in [2.75, 3.05) is 13.2 Å². The summed E-state index contributed by atoms with van der Waals surface area (Å²) in [4.78, 5) is 2.86. The van der Waals surface area contributed by atoms with E-state index in [4.69, 9.17) is 5.11 Å². The van der Waals surface area contributed by atoms with Gasteiger partial charge in [-0.25, -0.2) is 0 Å². The van der Waals surface area contributed by atoms with Crippen LogP contribution in [0.3, 0.4) is 0 Å². The number of thiophene rings is 1. The molecule has 92 valence electrons. The van der Waals surface area contributed by atoms with Crippen LogP contribution in [-0.4, -0.2) is 18.3 Å². The maximum Gasteiger partial charge on any atom is 0.0434 e. The second-order valence-corrected chi connectivity index (χ2v) is 5.60. The van der Waals surface area contributed by atoms with E-state index in [-0.39, 0.29) is 6.61 Å². The molecule has 0 saturated heterocycles. The predicted octanol–water partition coefficient (Wildman–Crippen LogP) is 2.98. The highest BCUT2D eigenvalue weighted by Crippen LogP contribution is 2.23. The Labute approximate surface area is 103 Å². The zero-order valence-corrected chi connectivity index (χ0v) is 11.3. The van der Waals surface area contributed by atoms with Crippen LogP contribution >= 0.6 is 11.3 Å². The van der Waals surface area contributed by atoms with E-state index in [1.807, 2.05) is 11.3 Å². The molecule has 1 rings (SSSR count). The number of nitrogens with one attached hydrogen (secondary N) is 1. The number of rotatable bonds is 7. The van der Waals surface area contributed by atoms with Crippen molar-refractivity contribution in [3.8, 4) is 0 Å². The first-order valence-electron chi connectivity index (χ1n) is 6.10. The van der Waals surface area contributed by atoms with Crippen LogP contribution in [0.5, 0.6) is 0 Å². The molecule has 2 unspecified atom stereocenters. The molecule has 0 aromatic carbocycles. The fourth-order valence-corrected chi connectivity index (χ4v) is 2.60. The topological polar surface area (TPSA) is 32.3 Å². The van der Waals surface area contributed by atoms with Gasteiger partial charge in [0, 0.05) is 22.4 Å². The first kappa shape index (κ1) is 13.7. The molecule has 0 fully saturated rings. The largest absolute Gasteiger partial charge is 0.396 e. The van der Waals surface area contributed by atoms with Crippen molar-refractivity contribution < 1.29 is 5.11 Å². The van der Waals surface area contributed by atoms with Crippen molar-refractivity contribution in [1.29, 1.82) is 0 Å². The molecule has 1 heterocycles. The number of hydrogen-bond donors (Lipinski definition) is 2. The van der Waals surface area contributed by atoms with E-state index in [0.29, 0.717) is 12.0 Å². The smallest absolute Gasteiger partial charge is 0.0434 e. The van der Waals surface area contributed by atoms with Crippen LogP contribution in [0.25, 0.3) is 0 Å². The van der Waals surface area contributed by atoms with E-state index >= 15 is 0 Å². The van der Waals surface area contributed by atoms with E-state index in [2.05, 4.69) is 38.2 Å². The van der Waals surface area contributed by atoms with E-state index in [9.17, 15) is 0 Å². The number of aryl methyl sites for hydroxylation is 1. The maximum atomic E-state index is 8.83. The van der Waals surface area contributed by atoms with Gasteiger partial charge in [-0.1, -0.05) is 13.8 Å². The highest BCUT2D eigenvalue weighted by atomic mass is 32.1. The highest BCUT2D eigenvalue weighted by Gasteiger charge is 2.09. The Hall–Kier alpha value is -0.380. The Morgan fingerprint density at radius 3 is 2.69 bits per heavy atom. The molecule has 0 saturated carbocycles. The van der Waals surface area contributed by atoms with E-state index in [1.165, 1.54) is 9.75 Å². The van der Waals surface area contributed by atoms with Crippen molar-refractivity contribution in [2.45, 2.75) is 39.7 Å². The quantitative estimate of drug-likeness (QED) is 0.769. The predicted molar refractivity (Wildman–Crippen MR) is 71.0 cm³/mol. The summed E-state index contributed by atoms with van der Waals surface area (Å²) >= 11 is 1.89. The van der Waals surface area contributed by atoms with Gasteiger partial charge in [-0.3, -0.25) is 0 Å². The van der Waals surface area contributed by atoms with Crippen LogP contribution in [0.1, 0.15) is 43.0 Å². The lowest BCUT2D eigenvalue weighted by molar-refractivity contribution is 0.258. The van der Waals surface area contributed by atoms with Gasteiger partial charge in [0.05, 0.1) is 0 Å². The van der Waals surface area contributed by atoms with Gasteiger partial charge in [0.2, 0.25) is 0 Å². The third-order valence-electron chi connectivity index (χ3n) is 2.85. The highest BCUT2D eigenvalue weighted by molar-refractivity contribution is 7.12. The van der Waals surface area contributed by atoms with E-state index in [1.54, 1.807) is 0 Å². The zero-order valence-electron chi connectivity index (χ0n) is 10.5. The van der Waals surface area contributed by atoms with Gasteiger partial charge in [0.25, 0.3) is 0 Å². The average molecular weight is 241 g/mol. The summed E-state index contributed by atoms with van der Waals surface area (Å²) in [5.74, 6) is 0.540. The minimum atomic E-state index is 0.288. The van der Waals surface area contributed by atoms with Crippen molar-refractivity contribution in [3.05, 3.63) is 21.9 Å². The lowest BCUT2D eigenvalue weighted by atomic mass is 10.1. The molecular formula is C13H23NOS. The first-order chi connectivity index (χ1) is 7.67. The zero-order chi connectivity index (χ0) is 12.0. The average Bonchev–Trinajstić information content (AvgIpc) is 2.75. The van der Waals surface area contributed by atoms with Gasteiger partial charge >= 0.3 is 0 Å². The molecule has 0 aliphatic rings. The summed E-state index contributed by atoms with van der Waals surface area (Å²) in [6, 6.07) is 4.86. The molecule has 0 bridgehead atoms. The molecule has 3 heteroatoms. The Morgan fingerprint density at radius 2 is 2.12 bits per heavy atom. The van der Waals surface area contributed by atoms with Crippen molar-refractivity contribution in [2.24, 2.45) is 5.92 Å². The first-order valence-corrected chi connectivity index (χ1v) is 6.91. The molecule has 2 nitrogen and oxygen atoms in total. The Morgan fingerprint density at radius 1 is 1.38 bits per heavy atom. The van der Waals surface area contributed by atoms with E-state index < -0.39 is 0 Å².